The summed E-state index contributed by atoms with van der Waals surface area (Å²) in [5, 5.41) is 1.16. The van der Waals surface area contributed by atoms with Crippen molar-refractivity contribution in [3.05, 3.63) is 6.92 Å². The largest absolute Gasteiger partial charge is 0.0928 e. The molecule has 49 valence electrons. The first kappa shape index (κ1) is 8.48. The second kappa shape index (κ2) is 7.48. The Balaban J connectivity index is 2.53. The Hall–Kier alpha value is 0.480. The lowest BCUT2D eigenvalue weighted by Crippen LogP contribution is -1.76. The summed E-state index contributed by atoms with van der Waals surface area (Å²) in [6, 6.07) is 0. The molecule has 1 heteroatoms. The molecular formula is C7H14Br. The first-order valence-corrected chi connectivity index (χ1v) is 4.39. The summed E-state index contributed by atoms with van der Waals surface area (Å²) in [5.41, 5.74) is 0. The van der Waals surface area contributed by atoms with Crippen LogP contribution in [0.4, 0.5) is 0 Å². The van der Waals surface area contributed by atoms with Crippen LogP contribution in [0, 0.1) is 6.92 Å². The van der Waals surface area contributed by atoms with E-state index in [1.807, 2.05) is 0 Å². The standard InChI is InChI=1S/C7H14Br/c1-2-3-4-5-6-7-8/h1-7H2. The number of hydrogen-bond donors (Lipinski definition) is 0. The molecule has 0 aliphatic carbocycles. The number of hydrogen-bond acceptors (Lipinski definition) is 0. The minimum absolute atomic E-state index is 1.10. The minimum atomic E-state index is 1.10. The lowest BCUT2D eigenvalue weighted by atomic mass is 10.2. The fourth-order valence-corrected chi connectivity index (χ4v) is 1.02. The zero-order chi connectivity index (χ0) is 6.24. The summed E-state index contributed by atoms with van der Waals surface area (Å²) in [6.07, 6.45) is 6.44. The monoisotopic (exact) mass is 177 g/mol. The molecule has 0 saturated carbocycles. The van der Waals surface area contributed by atoms with Gasteiger partial charge in [0.05, 0.1) is 0 Å². The van der Waals surface area contributed by atoms with Gasteiger partial charge in [0, 0.05) is 5.33 Å². The van der Waals surface area contributed by atoms with Crippen LogP contribution in [0.3, 0.4) is 0 Å². The molecule has 0 saturated heterocycles. The molecule has 0 spiro atoms. The molecule has 1 radical (unpaired) electrons. The average molecular weight is 178 g/mol. The normalized spacial score (nSPS) is 9.75. The van der Waals surface area contributed by atoms with E-state index in [1.165, 1.54) is 25.7 Å². The first-order chi connectivity index (χ1) is 3.91. The Morgan fingerprint density at radius 3 is 2.12 bits per heavy atom. The van der Waals surface area contributed by atoms with Gasteiger partial charge in [-0.15, -0.1) is 0 Å². The second-order valence-electron chi connectivity index (χ2n) is 1.96. The van der Waals surface area contributed by atoms with E-state index in [4.69, 9.17) is 0 Å². The highest BCUT2D eigenvalue weighted by Crippen LogP contribution is 2.02. The molecule has 0 bridgehead atoms. The van der Waals surface area contributed by atoms with Gasteiger partial charge in [0.1, 0.15) is 0 Å². The van der Waals surface area contributed by atoms with Gasteiger partial charge in [-0.25, -0.2) is 0 Å². The summed E-state index contributed by atoms with van der Waals surface area (Å²) in [6.45, 7) is 3.77. The van der Waals surface area contributed by atoms with Crippen LogP contribution in [0.15, 0.2) is 0 Å². The average Bonchev–Trinajstić information content (AvgIpc) is 1.81. The molecule has 0 atom stereocenters. The molecule has 0 N–H and O–H groups in total. The predicted molar refractivity (Wildman–Crippen MR) is 42.2 cm³/mol. The SMILES string of the molecule is [CH2]CCCCCCBr. The van der Waals surface area contributed by atoms with Crippen LogP contribution >= 0.6 is 15.9 Å². The van der Waals surface area contributed by atoms with Crippen molar-refractivity contribution in [3.8, 4) is 0 Å². The minimum Gasteiger partial charge on any atom is -0.0928 e. The van der Waals surface area contributed by atoms with Crippen molar-refractivity contribution in [2.24, 2.45) is 0 Å². The van der Waals surface area contributed by atoms with Crippen molar-refractivity contribution in [3.63, 3.8) is 0 Å². The molecule has 0 aromatic rings. The Morgan fingerprint density at radius 1 is 1.00 bits per heavy atom. The second-order valence-corrected chi connectivity index (χ2v) is 2.75. The van der Waals surface area contributed by atoms with Crippen LogP contribution in [0.2, 0.25) is 0 Å². The maximum absolute atomic E-state index is 3.77. The zero-order valence-corrected chi connectivity index (χ0v) is 6.91. The van der Waals surface area contributed by atoms with Gasteiger partial charge in [0.15, 0.2) is 0 Å². The van der Waals surface area contributed by atoms with Crippen LogP contribution in [-0.4, -0.2) is 5.33 Å². The van der Waals surface area contributed by atoms with Gasteiger partial charge in [-0.1, -0.05) is 48.5 Å². The molecule has 0 aliphatic heterocycles. The maximum Gasteiger partial charge on any atom is 0.00313 e. The van der Waals surface area contributed by atoms with E-state index in [9.17, 15) is 0 Å². The van der Waals surface area contributed by atoms with E-state index in [-0.39, 0.29) is 0 Å². The van der Waals surface area contributed by atoms with E-state index in [2.05, 4.69) is 22.9 Å². The Morgan fingerprint density at radius 2 is 1.62 bits per heavy atom. The fourth-order valence-electron chi connectivity index (χ4n) is 0.625. The zero-order valence-electron chi connectivity index (χ0n) is 5.33. The van der Waals surface area contributed by atoms with Crippen molar-refractivity contribution in [1.29, 1.82) is 0 Å². The van der Waals surface area contributed by atoms with Gasteiger partial charge >= 0.3 is 0 Å². The van der Waals surface area contributed by atoms with Gasteiger partial charge in [0.2, 0.25) is 0 Å². The lowest BCUT2D eigenvalue weighted by Gasteiger charge is -1.93. The van der Waals surface area contributed by atoms with Crippen molar-refractivity contribution in [1.82, 2.24) is 0 Å². The summed E-state index contributed by atoms with van der Waals surface area (Å²) >= 11 is 3.39. The molecular weight excluding hydrogens is 164 g/mol. The molecule has 0 unspecified atom stereocenters. The Labute approximate surface area is 60.8 Å². The van der Waals surface area contributed by atoms with Gasteiger partial charge in [0.25, 0.3) is 0 Å². The molecule has 8 heavy (non-hydrogen) atoms. The molecule has 0 amide bonds. The lowest BCUT2D eigenvalue weighted by molar-refractivity contribution is 0.678. The van der Waals surface area contributed by atoms with Crippen molar-refractivity contribution in [2.45, 2.75) is 32.1 Å². The third kappa shape index (κ3) is 6.48. The quantitative estimate of drug-likeness (QED) is 0.448. The van der Waals surface area contributed by atoms with Gasteiger partial charge in [-0.05, 0) is 6.42 Å². The van der Waals surface area contributed by atoms with Gasteiger partial charge in [-0.2, -0.15) is 0 Å². The van der Waals surface area contributed by atoms with Crippen LogP contribution in [0.1, 0.15) is 32.1 Å². The molecule has 0 fully saturated rings. The van der Waals surface area contributed by atoms with E-state index in [0.717, 1.165) is 11.8 Å². The molecule has 0 aliphatic rings. The summed E-state index contributed by atoms with van der Waals surface area (Å²) in [7, 11) is 0. The van der Waals surface area contributed by atoms with Crippen LogP contribution in [0.5, 0.6) is 0 Å². The number of unbranched alkanes of at least 4 members (excludes halogenated alkanes) is 4. The first-order valence-electron chi connectivity index (χ1n) is 3.27. The molecule has 0 rings (SSSR count). The predicted octanol–water partition coefficient (Wildman–Crippen LogP) is 3.17. The summed E-state index contributed by atoms with van der Waals surface area (Å²) in [5.74, 6) is 0. The highest BCUT2D eigenvalue weighted by atomic mass is 79.9. The molecule has 0 aromatic heterocycles. The maximum atomic E-state index is 3.77. The molecule has 0 nitrogen and oxygen atoms in total. The van der Waals surface area contributed by atoms with E-state index in [1.54, 1.807) is 0 Å². The van der Waals surface area contributed by atoms with E-state index in [0.29, 0.717) is 0 Å². The van der Waals surface area contributed by atoms with Crippen molar-refractivity contribution in [2.75, 3.05) is 5.33 Å². The highest BCUT2D eigenvalue weighted by molar-refractivity contribution is 9.09. The van der Waals surface area contributed by atoms with E-state index < -0.39 is 0 Å². The summed E-state index contributed by atoms with van der Waals surface area (Å²) in [4.78, 5) is 0. The molecule has 0 aromatic carbocycles. The van der Waals surface area contributed by atoms with E-state index >= 15 is 0 Å². The van der Waals surface area contributed by atoms with Gasteiger partial charge in [-0.3, -0.25) is 0 Å². The number of halogens is 1. The topological polar surface area (TPSA) is 0 Å². The van der Waals surface area contributed by atoms with Crippen LogP contribution < -0.4 is 0 Å². The van der Waals surface area contributed by atoms with Gasteiger partial charge < -0.3 is 0 Å². The third-order valence-corrected chi connectivity index (χ3v) is 1.69. The Kier molecular flexibility index (Phi) is 7.93. The smallest absolute Gasteiger partial charge is 0.00313 e. The van der Waals surface area contributed by atoms with Crippen molar-refractivity contribution < 1.29 is 0 Å². The molecule has 0 heterocycles. The van der Waals surface area contributed by atoms with Crippen LogP contribution in [0.25, 0.3) is 0 Å². The fraction of sp³-hybridized carbons (Fsp3) is 0.857. The summed E-state index contributed by atoms with van der Waals surface area (Å²) < 4.78 is 0. The number of alkyl halides is 1. The third-order valence-electron chi connectivity index (χ3n) is 1.13. The number of rotatable bonds is 5. The Bertz CT molecular complexity index is 29.4. The van der Waals surface area contributed by atoms with Crippen molar-refractivity contribution >= 4 is 15.9 Å². The highest BCUT2D eigenvalue weighted by Gasteiger charge is 1.84. The van der Waals surface area contributed by atoms with Crippen LogP contribution in [-0.2, 0) is 0 Å².